The number of hydrogen-bond acceptors (Lipinski definition) is 3. The van der Waals surface area contributed by atoms with Crippen molar-refractivity contribution in [2.75, 3.05) is 11.4 Å². The minimum atomic E-state index is -0.851. The van der Waals surface area contributed by atoms with Crippen molar-refractivity contribution < 1.29 is 14.3 Å². The van der Waals surface area contributed by atoms with Crippen LogP contribution in [0.5, 0.6) is 0 Å². The molecule has 1 heterocycles. The van der Waals surface area contributed by atoms with Crippen LogP contribution in [0, 0.1) is 6.92 Å². The number of carboxylic acids is 1. The third kappa shape index (κ3) is 3.20. The molecule has 1 N–H and O–H groups in total. The fraction of sp³-hybridized carbons (Fsp3) is 0.312. The van der Waals surface area contributed by atoms with Crippen molar-refractivity contribution in [3.8, 4) is 0 Å². The molecule has 2 rings (SSSR count). The molecule has 0 saturated heterocycles. The van der Waals surface area contributed by atoms with E-state index in [1.807, 2.05) is 55.1 Å². The summed E-state index contributed by atoms with van der Waals surface area (Å²) < 4.78 is 5.46. The van der Waals surface area contributed by atoms with E-state index in [0.29, 0.717) is 0 Å². The first kappa shape index (κ1) is 14.2. The Morgan fingerprint density at radius 1 is 1.30 bits per heavy atom. The van der Waals surface area contributed by atoms with Gasteiger partial charge >= 0.3 is 5.97 Å². The smallest absolute Gasteiger partial charge is 0.323 e. The summed E-state index contributed by atoms with van der Waals surface area (Å²) in [6.07, 6.45) is 2.39. The monoisotopic (exact) mass is 273 g/mol. The molecule has 1 aromatic carbocycles. The van der Waals surface area contributed by atoms with Crippen molar-refractivity contribution in [1.29, 1.82) is 0 Å². The topological polar surface area (TPSA) is 53.7 Å². The quantitative estimate of drug-likeness (QED) is 0.873. The number of rotatable bonds is 6. The number of anilines is 1. The molecule has 4 nitrogen and oxygen atoms in total. The van der Waals surface area contributed by atoms with Gasteiger partial charge in [-0.15, -0.1) is 0 Å². The van der Waals surface area contributed by atoms with Crippen molar-refractivity contribution in [2.24, 2.45) is 0 Å². The lowest BCUT2D eigenvalue weighted by Gasteiger charge is -2.30. The average Bonchev–Trinajstić information content (AvgIpc) is 2.93. The predicted octanol–water partition coefficient (Wildman–Crippen LogP) is 3.63. The molecule has 4 heteroatoms. The number of carboxylic acid groups (broad SMARTS) is 1. The van der Waals surface area contributed by atoms with Crippen molar-refractivity contribution in [3.63, 3.8) is 0 Å². The van der Waals surface area contributed by atoms with E-state index < -0.39 is 5.97 Å². The highest BCUT2D eigenvalue weighted by molar-refractivity contribution is 5.74. The van der Waals surface area contributed by atoms with Gasteiger partial charge in [0.25, 0.3) is 0 Å². The highest BCUT2D eigenvalue weighted by atomic mass is 16.4. The number of aryl methyl sites for hydroxylation is 1. The van der Waals surface area contributed by atoms with Crippen LogP contribution >= 0.6 is 0 Å². The number of hydrogen-bond donors (Lipinski definition) is 1. The van der Waals surface area contributed by atoms with E-state index in [0.717, 1.165) is 23.4 Å². The number of carbonyl (C=O) groups is 1. The van der Waals surface area contributed by atoms with E-state index in [-0.39, 0.29) is 12.6 Å². The van der Waals surface area contributed by atoms with Crippen molar-refractivity contribution in [1.82, 2.24) is 0 Å². The van der Waals surface area contributed by atoms with Gasteiger partial charge in [0, 0.05) is 5.69 Å². The maximum absolute atomic E-state index is 11.2. The summed E-state index contributed by atoms with van der Waals surface area (Å²) in [5.74, 6) is -0.0649. The summed E-state index contributed by atoms with van der Waals surface area (Å²) in [5, 5.41) is 9.17. The summed E-state index contributed by atoms with van der Waals surface area (Å²) in [7, 11) is 0. The molecule has 0 amide bonds. The standard InChI is InChI=1S/C16H19NO3/c1-3-14(15-5-4-10-20-15)17(11-16(18)19)13-8-6-12(2)7-9-13/h4-10,14H,3,11H2,1-2H3,(H,18,19). The number of benzene rings is 1. The van der Waals surface area contributed by atoms with Gasteiger partial charge in [-0.05, 0) is 37.6 Å². The first-order valence-electron chi connectivity index (χ1n) is 6.70. The molecule has 0 saturated carbocycles. The molecule has 0 bridgehead atoms. The van der Waals surface area contributed by atoms with Crippen LogP contribution in [0.4, 0.5) is 5.69 Å². The summed E-state index contributed by atoms with van der Waals surface area (Å²) >= 11 is 0. The Morgan fingerprint density at radius 3 is 2.50 bits per heavy atom. The van der Waals surface area contributed by atoms with E-state index in [4.69, 9.17) is 9.52 Å². The first-order chi connectivity index (χ1) is 9.61. The maximum Gasteiger partial charge on any atom is 0.323 e. The molecule has 1 aromatic heterocycles. The zero-order chi connectivity index (χ0) is 14.5. The Bertz CT molecular complexity index is 546. The molecule has 106 valence electrons. The highest BCUT2D eigenvalue weighted by Gasteiger charge is 2.23. The maximum atomic E-state index is 11.2. The van der Waals surface area contributed by atoms with Gasteiger partial charge in [0.2, 0.25) is 0 Å². The Morgan fingerprint density at radius 2 is 2.00 bits per heavy atom. The second kappa shape index (κ2) is 6.28. The van der Waals surface area contributed by atoms with Gasteiger partial charge in [0.1, 0.15) is 12.3 Å². The molecule has 0 aliphatic rings. The van der Waals surface area contributed by atoms with Gasteiger partial charge in [0.15, 0.2) is 0 Å². The lowest BCUT2D eigenvalue weighted by atomic mass is 10.1. The third-order valence-corrected chi connectivity index (χ3v) is 3.31. The lowest BCUT2D eigenvalue weighted by Crippen LogP contribution is -2.33. The van der Waals surface area contributed by atoms with Crippen molar-refractivity contribution >= 4 is 11.7 Å². The molecule has 1 atom stereocenters. The molecule has 1 unspecified atom stereocenters. The molecule has 0 fully saturated rings. The third-order valence-electron chi connectivity index (χ3n) is 3.31. The van der Waals surface area contributed by atoms with E-state index >= 15 is 0 Å². The highest BCUT2D eigenvalue weighted by Crippen LogP contribution is 2.30. The SMILES string of the molecule is CCC(c1ccco1)N(CC(=O)O)c1ccc(C)cc1. The van der Waals surface area contributed by atoms with Crippen LogP contribution < -0.4 is 4.90 Å². The van der Waals surface area contributed by atoms with E-state index in [1.165, 1.54) is 0 Å². The Labute approximate surface area is 118 Å². The van der Waals surface area contributed by atoms with Crippen molar-refractivity contribution in [2.45, 2.75) is 26.3 Å². The first-order valence-corrected chi connectivity index (χ1v) is 6.70. The lowest BCUT2D eigenvalue weighted by molar-refractivity contribution is -0.135. The zero-order valence-corrected chi connectivity index (χ0v) is 11.7. The van der Waals surface area contributed by atoms with Gasteiger partial charge in [-0.1, -0.05) is 24.6 Å². The van der Waals surface area contributed by atoms with Crippen molar-refractivity contribution in [3.05, 3.63) is 54.0 Å². The van der Waals surface area contributed by atoms with E-state index in [1.54, 1.807) is 6.26 Å². The average molecular weight is 273 g/mol. The Balaban J connectivity index is 2.35. The van der Waals surface area contributed by atoms with E-state index in [9.17, 15) is 4.79 Å². The zero-order valence-electron chi connectivity index (χ0n) is 11.7. The molecule has 0 radical (unpaired) electrons. The van der Waals surface area contributed by atoms with E-state index in [2.05, 4.69) is 0 Å². The Hall–Kier alpha value is -2.23. The molecule has 2 aromatic rings. The second-order valence-electron chi connectivity index (χ2n) is 4.80. The van der Waals surface area contributed by atoms with Gasteiger partial charge in [-0.3, -0.25) is 4.79 Å². The summed E-state index contributed by atoms with van der Waals surface area (Å²) in [6, 6.07) is 11.5. The van der Waals surface area contributed by atoms with Crippen LogP contribution in [0.15, 0.2) is 47.1 Å². The molecule has 0 spiro atoms. The molecular weight excluding hydrogens is 254 g/mol. The van der Waals surface area contributed by atoms with Gasteiger partial charge in [-0.2, -0.15) is 0 Å². The fourth-order valence-corrected chi connectivity index (χ4v) is 2.32. The number of nitrogens with zero attached hydrogens (tertiary/aromatic N) is 1. The minimum absolute atomic E-state index is 0.0533. The van der Waals surface area contributed by atoms with Gasteiger partial charge in [0.05, 0.1) is 12.3 Å². The van der Waals surface area contributed by atoms with Crippen LogP contribution in [-0.2, 0) is 4.79 Å². The molecule has 0 aliphatic carbocycles. The van der Waals surface area contributed by atoms with Gasteiger partial charge < -0.3 is 14.4 Å². The Kier molecular flexibility index (Phi) is 4.45. The number of furan rings is 1. The van der Waals surface area contributed by atoms with Gasteiger partial charge in [-0.25, -0.2) is 0 Å². The van der Waals surface area contributed by atoms with Crippen LogP contribution in [0.25, 0.3) is 0 Å². The second-order valence-corrected chi connectivity index (χ2v) is 4.80. The summed E-state index contributed by atoms with van der Waals surface area (Å²) in [4.78, 5) is 13.0. The molecular formula is C16H19NO3. The predicted molar refractivity (Wildman–Crippen MR) is 77.9 cm³/mol. The van der Waals surface area contributed by atoms with Crippen LogP contribution in [-0.4, -0.2) is 17.6 Å². The fourth-order valence-electron chi connectivity index (χ4n) is 2.32. The number of aliphatic carboxylic acids is 1. The summed E-state index contributed by atoms with van der Waals surface area (Å²) in [6.45, 7) is 3.98. The van der Waals surface area contributed by atoms with Crippen LogP contribution in [0.1, 0.15) is 30.7 Å². The minimum Gasteiger partial charge on any atom is -0.480 e. The molecule has 20 heavy (non-hydrogen) atoms. The largest absolute Gasteiger partial charge is 0.480 e. The van der Waals surface area contributed by atoms with Crippen LogP contribution in [0.2, 0.25) is 0 Å². The normalized spacial score (nSPS) is 12.1. The molecule has 0 aliphatic heterocycles. The summed E-state index contributed by atoms with van der Waals surface area (Å²) in [5.41, 5.74) is 2.04. The van der Waals surface area contributed by atoms with Crippen LogP contribution in [0.3, 0.4) is 0 Å².